The van der Waals surface area contributed by atoms with Crippen LogP contribution in [-0.2, 0) is 25.4 Å². The highest BCUT2D eigenvalue weighted by molar-refractivity contribution is 6.39. The van der Waals surface area contributed by atoms with Gasteiger partial charge >= 0.3 is 5.69 Å². The van der Waals surface area contributed by atoms with Crippen LogP contribution in [0.1, 0.15) is 0 Å². The molecule has 3 rings (SSSR count). The number of anilines is 1. The molecule has 1 amide bonds. The topological polar surface area (TPSA) is 90.9 Å². The van der Waals surface area contributed by atoms with Gasteiger partial charge in [0.2, 0.25) is 5.91 Å². The highest BCUT2D eigenvalue weighted by atomic mass is 35.5. The molecule has 2 aromatic heterocycles. The zero-order chi connectivity index (χ0) is 18.3. The summed E-state index contributed by atoms with van der Waals surface area (Å²) < 4.78 is 3.58. The molecule has 0 fully saturated rings. The quantitative estimate of drug-likeness (QED) is 0.741. The molecule has 0 spiro atoms. The van der Waals surface area contributed by atoms with Crippen molar-refractivity contribution < 1.29 is 4.79 Å². The molecule has 1 aromatic carbocycles. The number of hydrogen-bond donors (Lipinski definition) is 1. The molecule has 3 aromatic rings. The number of halogens is 2. The van der Waals surface area contributed by atoms with Crippen molar-refractivity contribution in [1.29, 1.82) is 0 Å². The maximum absolute atomic E-state index is 12.3. The van der Waals surface area contributed by atoms with Crippen molar-refractivity contribution in [2.75, 3.05) is 5.32 Å². The van der Waals surface area contributed by atoms with E-state index in [0.29, 0.717) is 15.7 Å². The number of aryl methyl sites for hydroxylation is 1. The molecular formula is C15H13Cl2N5O3. The van der Waals surface area contributed by atoms with Crippen LogP contribution in [0, 0.1) is 0 Å². The van der Waals surface area contributed by atoms with Gasteiger partial charge in [-0.05, 0) is 12.1 Å². The fraction of sp³-hybridized carbons (Fsp3) is 0.200. The summed E-state index contributed by atoms with van der Waals surface area (Å²) >= 11 is 12.1. The summed E-state index contributed by atoms with van der Waals surface area (Å²) in [5, 5.41) is 3.21. The first-order valence-electron chi connectivity index (χ1n) is 7.16. The third-order valence-corrected chi connectivity index (χ3v) is 4.39. The van der Waals surface area contributed by atoms with Gasteiger partial charge in [0.1, 0.15) is 6.54 Å². The molecule has 0 radical (unpaired) electrons. The van der Waals surface area contributed by atoms with Crippen LogP contribution in [0.25, 0.3) is 11.2 Å². The Hall–Kier alpha value is -2.58. The number of amides is 1. The van der Waals surface area contributed by atoms with Crippen molar-refractivity contribution in [1.82, 2.24) is 18.7 Å². The maximum atomic E-state index is 12.3. The molecule has 0 saturated carbocycles. The third kappa shape index (κ3) is 2.94. The molecule has 1 N–H and O–H groups in total. The fourth-order valence-corrected chi connectivity index (χ4v) is 2.96. The van der Waals surface area contributed by atoms with Gasteiger partial charge in [-0.25, -0.2) is 9.78 Å². The standard InChI is InChI=1S/C15H13Cl2N5O3/c1-20-13-12(14(24)21(2)15(20)25)22(7-18-13)6-10(23)19-11-8(16)4-3-5-9(11)17/h3-5,7H,6H2,1-2H3,(H,19,23). The first-order chi connectivity index (χ1) is 11.8. The smallest absolute Gasteiger partial charge is 0.322 e. The number of aromatic nitrogens is 4. The number of nitrogens with one attached hydrogen (secondary N) is 1. The number of rotatable bonds is 3. The zero-order valence-electron chi connectivity index (χ0n) is 13.3. The van der Waals surface area contributed by atoms with Crippen LogP contribution in [0.3, 0.4) is 0 Å². The number of nitrogens with zero attached hydrogens (tertiary/aromatic N) is 4. The van der Waals surface area contributed by atoms with E-state index in [-0.39, 0.29) is 17.7 Å². The lowest BCUT2D eigenvalue weighted by Crippen LogP contribution is -2.37. The minimum Gasteiger partial charge on any atom is -0.322 e. The number of para-hydroxylation sites is 1. The van der Waals surface area contributed by atoms with Gasteiger partial charge in [-0.2, -0.15) is 0 Å². The molecule has 0 aliphatic rings. The minimum atomic E-state index is -0.529. The van der Waals surface area contributed by atoms with E-state index >= 15 is 0 Å². The average Bonchev–Trinajstić information content (AvgIpc) is 2.98. The molecule has 0 bridgehead atoms. The molecule has 0 aliphatic heterocycles. The molecular weight excluding hydrogens is 369 g/mol. The van der Waals surface area contributed by atoms with E-state index in [1.54, 1.807) is 18.2 Å². The first kappa shape index (κ1) is 17.2. The third-order valence-electron chi connectivity index (χ3n) is 3.76. The minimum absolute atomic E-state index is 0.157. The Balaban J connectivity index is 1.98. The number of fused-ring (bicyclic) bond motifs is 1. The van der Waals surface area contributed by atoms with E-state index in [4.69, 9.17) is 23.2 Å². The lowest BCUT2D eigenvalue weighted by atomic mass is 10.3. The first-order valence-corrected chi connectivity index (χ1v) is 7.91. The van der Waals surface area contributed by atoms with E-state index < -0.39 is 17.2 Å². The van der Waals surface area contributed by atoms with E-state index in [9.17, 15) is 14.4 Å². The number of carbonyl (C=O) groups is 1. The molecule has 25 heavy (non-hydrogen) atoms. The maximum Gasteiger partial charge on any atom is 0.332 e. The Labute approximate surface area is 151 Å². The molecule has 0 aliphatic carbocycles. The molecule has 130 valence electrons. The van der Waals surface area contributed by atoms with Gasteiger partial charge in [0, 0.05) is 14.1 Å². The van der Waals surface area contributed by atoms with Gasteiger partial charge in [0.05, 0.1) is 22.1 Å². The SMILES string of the molecule is Cn1c(=O)c2c(ncn2CC(=O)Nc2c(Cl)cccc2Cl)n(C)c1=O. The number of benzene rings is 1. The van der Waals surface area contributed by atoms with Gasteiger partial charge in [0.25, 0.3) is 5.56 Å². The van der Waals surface area contributed by atoms with Crippen LogP contribution < -0.4 is 16.6 Å². The molecule has 8 nitrogen and oxygen atoms in total. The summed E-state index contributed by atoms with van der Waals surface area (Å²) in [6.45, 7) is -0.189. The Kier molecular flexibility index (Phi) is 4.40. The van der Waals surface area contributed by atoms with Crippen LogP contribution >= 0.6 is 23.2 Å². The predicted molar refractivity (Wildman–Crippen MR) is 95.3 cm³/mol. The second-order valence-corrected chi connectivity index (χ2v) is 6.21. The average molecular weight is 382 g/mol. The van der Waals surface area contributed by atoms with Gasteiger partial charge in [0.15, 0.2) is 11.2 Å². The molecule has 2 heterocycles. The summed E-state index contributed by atoms with van der Waals surface area (Å²) in [5.74, 6) is -0.440. The summed E-state index contributed by atoms with van der Waals surface area (Å²) in [4.78, 5) is 40.6. The van der Waals surface area contributed by atoms with Crippen molar-refractivity contribution in [2.24, 2.45) is 14.1 Å². The largest absolute Gasteiger partial charge is 0.332 e. The second kappa shape index (κ2) is 6.38. The highest BCUT2D eigenvalue weighted by Gasteiger charge is 2.17. The van der Waals surface area contributed by atoms with Gasteiger partial charge in [-0.15, -0.1) is 0 Å². The molecule has 10 heteroatoms. The number of hydrogen-bond acceptors (Lipinski definition) is 4. The zero-order valence-corrected chi connectivity index (χ0v) is 14.8. The Bertz CT molecular complexity index is 1090. The summed E-state index contributed by atoms with van der Waals surface area (Å²) in [7, 11) is 2.87. The molecule has 0 unspecified atom stereocenters. The Morgan fingerprint density at radius 2 is 1.80 bits per heavy atom. The van der Waals surface area contributed by atoms with Crippen molar-refractivity contribution >= 4 is 46.0 Å². The van der Waals surface area contributed by atoms with Crippen LogP contribution in [0.15, 0.2) is 34.1 Å². The Morgan fingerprint density at radius 1 is 1.16 bits per heavy atom. The summed E-state index contributed by atoms with van der Waals surface area (Å²) in [5.41, 5.74) is -0.364. The normalized spacial score (nSPS) is 11.0. The van der Waals surface area contributed by atoms with E-state index in [0.717, 1.165) is 4.57 Å². The van der Waals surface area contributed by atoms with Crippen molar-refractivity contribution in [3.8, 4) is 0 Å². The summed E-state index contributed by atoms with van der Waals surface area (Å²) in [6.07, 6.45) is 1.33. The lowest BCUT2D eigenvalue weighted by Gasteiger charge is -2.10. The predicted octanol–water partition coefficient (Wildman–Crippen LogP) is 1.38. The van der Waals surface area contributed by atoms with Crippen LogP contribution in [-0.4, -0.2) is 24.6 Å². The second-order valence-electron chi connectivity index (χ2n) is 5.40. The van der Waals surface area contributed by atoms with Gasteiger partial charge in [-0.1, -0.05) is 29.3 Å². The van der Waals surface area contributed by atoms with Gasteiger partial charge in [-0.3, -0.25) is 18.7 Å². The van der Waals surface area contributed by atoms with Crippen LogP contribution in [0.4, 0.5) is 5.69 Å². The van der Waals surface area contributed by atoms with E-state index in [2.05, 4.69) is 10.3 Å². The van der Waals surface area contributed by atoms with E-state index in [1.165, 1.54) is 29.6 Å². The molecule has 0 atom stereocenters. The van der Waals surface area contributed by atoms with Crippen LogP contribution in [0.5, 0.6) is 0 Å². The number of carbonyl (C=O) groups excluding carboxylic acids is 1. The van der Waals surface area contributed by atoms with Crippen molar-refractivity contribution in [2.45, 2.75) is 6.54 Å². The van der Waals surface area contributed by atoms with E-state index in [1.807, 2.05) is 0 Å². The molecule has 0 saturated heterocycles. The highest BCUT2D eigenvalue weighted by Crippen LogP contribution is 2.29. The number of imidazole rings is 1. The Morgan fingerprint density at radius 3 is 2.44 bits per heavy atom. The van der Waals surface area contributed by atoms with Crippen molar-refractivity contribution in [3.05, 3.63) is 55.4 Å². The van der Waals surface area contributed by atoms with Gasteiger partial charge < -0.3 is 9.88 Å². The lowest BCUT2D eigenvalue weighted by molar-refractivity contribution is -0.116. The van der Waals surface area contributed by atoms with Crippen molar-refractivity contribution in [3.63, 3.8) is 0 Å². The fourth-order valence-electron chi connectivity index (χ4n) is 2.47. The summed E-state index contributed by atoms with van der Waals surface area (Å²) in [6, 6.07) is 4.86. The monoisotopic (exact) mass is 381 g/mol. The van der Waals surface area contributed by atoms with Crippen LogP contribution in [0.2, 0.25) is 10.0 Å².